The second-order valence-corrected chi connectivity index (χ2v) is 4.59. The van der Waals surface area contributed by atoms with Crippen molar-refractivity contribution >= 4 is 23.2 Å². The van der Waals surface area contributed by atoms with Crippen LogP contribution in [0.1, 0.15) is 20.9 Å². The molecular weight excluding hydrogens is 268 g/mol. The number of carbonyl (C=O) groups is 2. The summed E-state index contributed by atoms with van der Waals surface area (Å²) in [6, 6.07) is 14.5. The molecule has 0 spiro atoms. The molecule has 3 aromatic rings. The lowest BCUT2D eigenvalue weighted by Crippen LogP contribution is -2.00. The Bertz CT molecular complexity index is 812. The highest BCUT2D eigenvalue weighted by Gasteiger charge is 2.07. The van der Waals surface area contributed by atoms with Crippen molar-refractivity contribution < 1.29 is 18.7 Å². The van der Waals surface area contributed by atoms with Crippen molar-refractivity contribution in [1.29, 1.82) is 0 Å². The van der Waals surface area contributed by atoms with Crippen molar-refractivity contribution in [2.24, 2.45) is 0 Å². The van der Waals surface area contributed by atoms with Crippen LogP contribution >= 0.6 is 0 Å². The maximum Gasteiger partial charge on any atom is 0.337 e. The van der Waals surface area contributed by atoms with Crippen molar-refractivity contribution in [1.82, 2.24) is 0 Å². The maximum absolute atomic E-state index is 11.4. The van der Waals surface area contributed by atoms with Gasteiger partial charge >= 0.3 is 5.97 Å². The van der Waals surface area contributed by atoms with E-state index in [1.807, 2.05) is 30.3 Å². The lowest BCUT2D eigenvalue weighted by Gasteiger charge is -2.03. The highest BCUT2D eigenvalue weighted by atomic mass is 16.5. The van der Waals surface area contributed by atoms with Gasteiger partial charge in [0.15, 0.2) is 12.0 Å². The van der Waals surface area contributed by atoms with Gasteiger partial charge in [0.05, 0.1) is 12.7 Å². The summed E-state index contributed by atoms with van der Waals surface area (Å²) in [7, 11) is 1.35. The lowest BCUT2D eigenvalue weighted by molar-refractivity contribution is 0.0600. The molecule has 2 aromatic carbocycles. The minimum Gasteiger partial charge on any atom is -0.465 e. The predicted octanol–water partition coefficient (Wildman–Crippen LogP) is 3.70. The van der Waals surface area contributed by atoms with Gasteiger partial charge in [0.2, 0.25) is 0 Å². The standard InChI is InChI=1S/C17H12O4/c1-20-17(19)12-4-2-11(3-5-12)13-6-7-16-14(8-13)9-15(10-18)21-16/h2-10H,1H3. The molecule has 0 bridgehead atoms. The molecule has 21 heavy (non-hydrogen) atoms. The number of esters is 1. The average molecular weight is 280 g/mol. The summed E-state index contributed by atoms with van der Waals surface area (Å²) in [6.07, 6.45) is 0.685. The van der Waals surface area contributed by atoms with Crippen LogP contribution in [-0.4, -0.2) is 19.4 Å². The van der Waals surface area contributed by atoms with Crippen molar-refractivity contribution in [3.8, 4) is 11.1 Å². The van der Waals surface area contributed by atoms with Crippen LogP contribution in [0.5, 0.6) is 0 Å². The van der Waals surface area contributed by atoms with Gasteiger partial charge in [-0.25, -0.2) is 4.79 Å². The molecule has 0 aliphatic rings. The van der Waals surface area contributed by atoms with Crippen molar-refractivity contribution in [2.45, 2.75) is 0 Å². The molecule has 0 radical (unpaired) electrons. The Labute approximate surface area is 120 Å². The first-order valence-corrected chi connectivity index (χ1v) is 6.39. The van der Waals surface area contributed by atoms with E-state index in [1.165, 1.54) is 7.11 Å². The van der Waals surface area contributed by atoms with Gasteiger partial charge in [-0.3, -0.25) is 4.79 Å². The number of benzene rings is 2. The number of hydrogen-bond acceptors (Lipinski definition) is 4. The van der Waals surface area contributed by atoms with Crippen molar-refractivity contribution in [3.05, 3.63) is 59.9 Å². The summed E-state index contributed by atoms with van der Waals surface area (Å²) in [4.78, 5) is 22.1. The van der Waals surface area contributed by atoms with Crippen molar-refractivity contribution in [3.63, 3.8) is 0 Å². The summed E-state index contributed by atoms with van der Waals surface area (Å²) < 4.78 is 10.0. The molecule has 4 heteroatoms. The SMILES string of the molecule is COC(=O)c1ccc(-c2ccc3oc(C=O)cc3c2)cc1. The summed E-state index contributed by atoms with van der Waals surface area (Å²) in [5.74, 6) is -0.0503. The molecule has 0 saturated heterocycles. The molecule has 0 saturated carbocycles. The van der Waals surface area contributed by atoms with Crippen LogP contribution in [-0.2, 0) is 4.74 Å². The fourth-order valence-electron chi connectivity index (χ4n) is 2.22. The molecule has 0 amide bonds. The van der Waals surface area contributed by atoms with Crippen LogP contribution in [0.4, 0.5) is 0 Å². The van der Waals surface area contributed by atoms with Crippen LogP contribution in [0.3, 0.4) is 0 Å². The van der Waals surface area contributed by atoms with Gasteiger partial charge in [-0.15, -0.1) is 0 Å². The third kappa shape index (κ3) is 2.43. The summed E-state index contributed by atoms with van der Waals surface area (Å²) in [5, 5.41) is 0.867. The van der Waals surface area contributed by atoms with Crippen molar-refractivity contribution in [2.75, 3.05) is 7.11 Å². The van der Waals surface area contributed by atoms with E-state index in [9.17, 15) is 9.59 Å². The summed E-state index contributed by atoms with van der Waals surface area (Å²) >= 11 is 0. The quantitative estimate of drug-likeness (QED) is 0.542. The lowest BCUT2D eigenvalue weighted by atomic mass is 10.0. The van der Waals surface area contributed by atoms with E-state index in [0.717, 1.165) is 16.5 Å². The summed E-state index contributed by atoms with van der Waals surface area (Å²) in [6.45, 7) is 0. The smallest absolute Gasteiger partial charge is 0.337 e. The molecule has 1 aromatic heterocycles. The molecule has 0 atom stereocenters. The zero-order valence-electron chi connectivity index (χ0n) is 11.3. The Morgan fingerprint density at radius 1 is 1.05 bits per heavy atom. The normalized spacial score (nSPS) is 10.5. The fraction of sp³-hybridized carbons (Fsp3) is 0.0588. The molecule has 0 unspecified atom stereocenters. The van der Waals surface area contributed by atoms with E-state index >= 15 is 0 Å². The number of ether oxygens (including phenoxy) is 1. The fourth-order valence-corrected chi connectivity index (χ4v) is 2.22. The topological polar surface area (TPSA) is 56.5 Å². The molecule has 4 nitrogen and oxygen atoms in total. The Hall–Kier alpha value is -2.88. The highest BCUT2D eigenvalue weighted by Crippen LogP contribution is 2.26. The van der Waals surface area contributed by atoms with E-state index in [4.69, 9.17) is 4.42 Å². The van der Waals surface area contributed by atoms with E-state index in [1.54, 1.807) is 18.2 Å². The Kier molecular flexibility index (Phi) is 3.28. The number of aldehydes is 1. The minimum atomic E-state index is -0.359. The van der Waals surface area contributed by atoms with E-state index < -0.39 is 0 Å². The Morgan fingerprint density at radius 2 is 1.76 bits per heavy atom. The van der Waals surface area contributed by atoms with E-state index in [0.29, 0.717) is 23.2 Å². The van der Waals surface area contributed by atoms with E-state index in [2.05, 4.69) is 4.74 Å². The molecular formula is C17H12O4. The molecule has 3 rings (SSSR count). The zero-order valence-corrected chi connectivity index (χ0v) is 11.3. The number of carbonyl (C=O) groups excluding carboxylic acids is 2. The third-order valence-corrected chi connectivity index (χ3v) is 3.29. The maximum atomic E-state index is 11.4. The van der Waals surface area contributed by atoms with Gasteiger partial charge in [0, 0.05) is 5.39 Å². The predicted molar refractivity (Wildman–Crippen MR) is 78.4 cm³/mol. The second kappa shape index (κ2) is 5.25. The first kappa shape index (κ1) is 13.1. The van der Waals surface area contributed by atoms with Gasteiger partial charge in [-0.2, -0.15) is 0 Å². The van der Waals surface area contributed by atoms with Gasteiger partial charge in [-0.1, -0.05) is 18.2 Å². The highest BCUT2D eigenvalue weighted by molar-refractivity contribution is 5.91. The van der Waals surface area contributed by atoms with Crippen LogP contribution in [0.15, 0.2) is 52.9 Å². The number of furan rings is 1. The van der Waals surface area contributed by atoms with Crippen LogP contribution < -0.4 is 0 Å². The van der Waals surface area contributed by atoms with Crippen LogP contribution in [0, 0.1) is 0 Å². The largest absolute Gasteiger partial charge is 0.465 e. The van der Waals surface area contributed by atoms with Gasteiger partial charge in [0.25, 0.3) is 0 Å². The first-order valence-electron chi connectivity index (χ1n) is 6.39. The number of hydrogen-bond donors (Lipinski definition) is 0. The van der Waals surface area contributed by atoms with Gasteiger partial charge < -0.3 is 9.15 Å². The Balaban J connectivity index is 1.99. The van der Waals surface area contributed by atoms with Crippen LogP contribution in [0.25, 0.3) is 22.1 Å². The van der Waals surface area contributed by atoms with E-state index in [-0.39, 0.29) is 5.97 Å². The van der Waals surface area contributed by atoms with Gasteiger partial charge in [-0.05, 0) is 41.5 Å². The summed E-state index contributed by atoms with van der Waals surface area (Å²) in [5.41, 5.74) is 3.14. The molecule has 0 fully saturated rings. The molecule has 104 valence electrons. The second-order valence-electron chi connectivity index (χ2n) is 4.59. The molecule has 1 heterocycles. The monoisotopic (exact) mass is 280 g/mol. The number of fused-ring (bicyclic) bond motifs is 1. The third-order valence-electron chi connectivity index (χ3n) is 3.29. The Morgan fingerprint density at radius 3 is 2.43 bits per heavy atom. The minimum absolute atomic E-state index is 0.309. The number of methoxy groups -OCH3 is 1. The molecule has 0 aliphatic carbocycles. The van der Waals surface area contributed by atoms with Crippen LogP contribution in [0.2, 0.25) is 0 Å². The van der Waals surface area contributed by atoms with Gasteiger partial charge in [0.1, 0.15) is 5.58 Å². The molecule has 0 N–H and O–H groups in total. The number of rotatable bonds is 3. The average Bonchev–Trinajstić information content (AvgIpc) is 2.96. The molecule has 0 aliphatic heterocycles. The first-order chi connectivity index (χ1) is 10.2. The zero-order chi connectivity index (χ0) is 14.8.